The van der Waals surface area contributed by atoms with Gasteiger partial charge in [0, 0.05) is 48.7 Å². The molecule has 12 heteroatoms. The molecule has 12 aromatic rings. The van der Waals surface area contributed by atoms with E-state index in [0.29, 0.717) is 66.4 Å². The van der Waals surface area contributed by atoms with Gasteiger partial charge in [-0.05, 0) is 48.5 Å². The number of aromatic nitrogens is 2. The average molecular weight is 823 g/mol. The maximum Gasteiger partial charge on any atom is 0.416 e. The third kappa shape index (κ3) is 4.69. The lowest BCUT2D eigenvalue weighted by Gasteiger charge is -2.23. The van der Waals surface area contributed by atoms with Crippen LogP contribution in [-0.4, -0.2) is 9.13 Å². The largest absolute Gasteiger partial charge is 0.454 e. The minimum absolute atomic E-state index is 0.201. The molecule has 0 amide bonds. The molecule has 12 rings (SSSR count). The number of halogens is 8. The molecule has 4 aromatic heterocycles. The zero-order valence-electron chi connectivity index (χ0n) is 30.9. The molecule has 8 aromatic carbocycles. The van der Waals surface area contributed by atoms with Crippen LogP contribution in [0.5, 0.6) is 0 Å². The molecule has 0 aliphatic carbocycles. The molecule has 0 aliphatic rings. The van der Waals surface area contributed by atoms with E-state index < -0.39 is 63.3 Å². The van der Waals surface area contributed by atoms with Crippen molar-refractivity contribution in [2.45, 2.75) is 6.18 Å². The summed E-state index contributed by atoms with van der Waals surface area (Å²) < 4.78 is 142. The lowest BCUT2D eigenvalue weighted by atomic mass is 9.96. The molecule has 0 spiro atoms. The van der Waals surface area contributed by atoms with Crippen LogP contribution in [-0.2, 0) is 6.18 Å². The molecule has 0 saturated carbocycles. The standard InChI is InChI=1S/C49H22F8N2O2/c50-40-39(41(51)43(53)44(54)42(40)52)38-34(58-32-13-5-1-9-24(32)28-17-19-30-26-11-3-7-15-36(26)60-47(30)45(28)58)21-23(49(55,56)57)22-35(38)59-33-14-6-2-10-25(33)29-18-20-31-27-12-4-8-16-37(27)61-48(31)46(29)59/h1-22H. The smallest absolute Gasteiger partial charge is 0.416 e. The fourth-order valence-electron chi connectivity index (χ4n) is 9.17. The topological polar surface area (TPSA) is 36.1 Å². The van der Waals surface area contributed by atoms with Gasteiger partial charge < -0.3 is 18.0 Å². The minimum atomic E-state index is -5.10. The summed E-state index contributed by atoms with van der Waals surface area (Å²) in [5.74, 6) is -11.4. The minimum Gasteiger partial charge on any atom is -0.454 e. The van der Waals surface area contributed by atoms with Crippen LogP contribution in [0.4, 0.5) is 35.1 Å². The molecular weight excluding hydrogens is 801 g/mol. The van der Waals surface area contributed by atoms with Crippen molar-refractivity contribution in [3.8, 4) is 22.5 Å². The molecule has 4 nitrogen and oxygen atoms in total. The Hall–Kier alpha value is -7.60. The lowest BCUT2D eigenvalue weighted by Crippen LogP contribution is -2.13. The summed E-state index contributed by atoms with van der Waals surface area (Å²) in [5.41, 5.74) is -2.20. The SMILES string of the molecule is Fc1c(F)c(F)c(-c2c(-n3c4ccccc4c4ccc5c6ccccc6oc5c43)cc(C(F)(F)F)cc2-n2c3ccccc3c3ccc4c5ccccc5oc4c32)c(F)c1F. The van der Waals surface area contributed by atoms with Gasteiger partial charge in [-0.1, -0.05) is 84.9 Å². The van der Waals surface area contributed by atoms with Crippen LogP contribution in [0.25, 0.3) is 110 Å². The number of fused-ring (bicyclic) bond motifs is 14. The number of rotatable bonds is 3. The van der Waals surface area contributed by atoms with Gasteiger partial charge >= 0.3 is 6.18 Å². The summed E-state index contributed by atoms with van der Waals surface area (Å²) in [4.78, 5) is 0. The van der Waals surface area contributed by atoms with Crippen molar-refractivity contribution in [1.29, 1.82) is 0 Å². The number of para-hydroxylation sites is 4. The van der Waals surface area contributed by atoms with Crippen molar-refractivity contribution in [3.05, 3.63) is 168 Å². The van der Waals surface area contributed by atoms with Gasteiger partial charge in [-0.25, -0.2) is 22.0 Å². The normalized spacial score (nSPS) is 12.6. The summed E-state index contributed by atoms with van der Waals surface area (Å²) in [7, 11) is 0. The molecule has 0 aliphatic heterocycles. The summed E-state index contributed by atoms with van der Waals surface area (Å²) >= 11 is 0. The lowest BCUT2D eigenvalue weighted by molar-refractivity contribution is -0.137. The van der Waals surface area contributed by atoms with E-state index in [-0.39, 0.29) is 33.2 Å². The van der Waals surface area contributed by atoms with E-state index >= 15 is 30.7 Å². The van der Waals surface area contributed by atoms with Crippen molar-refractivity contribution in [2.75, 3.05) is 0 Å². The van der Waals surface area contributed by atoms with E-state index in [1.54, 1.807) is 109 Å². The molecule has 0 fully saturated rings. The first-order valence-corrected chi connectivity index (χ1v) is 19.0. The van der Waals surface area contributed by atoms with Crippen molar-refractivity contribution >= 4 is 87.5 Å². The Morgan fingerprint density at radius 1 is 0.377 bits per heavy atom. The van der Waals surface area contributed by atoms with E-state index in [1.165, 1.54) is 9.13 Å². The van der Waals surface area contributed by atoms with E-state index in [4.69, 9.17) is 8.83 Å². The Labute approximate surface area is 336 Å². The van der Waals surface area contributed by atoms with Crippen molar-refractivity contribution in [1.82, 2.24) is 9.13 Å². The van der Waals surface area contributed by atoms with Crippen LogP contribution in [0, 0.1) is 29.1 Å². The fraction of sp³-hybridized carbons (Fsp3) is 0.0204. The number of nitrogens with zero attached hydrogens (tertiary/aromatic N) is 2. The molecule has 0 N–H and O–H groups in total. The van der Waals surface area contributed by atoms with E-state index in [1.807, 2.05) is 12.1 Å². The van der Waals surface area contributed by atoms with Crippen LogP contribution in [0.3, 0.4) is 0 Å². The Morgan fingerprint density at radius 3 is 1.20 bits per heavy atom. The second-order valence-corrected chi connectivity index (χ2v) is 14.9. The molecule has 0 radical (unpaired) electrons. The number of hydrogen-bond acceptors (Lipinski definition) is 2. The van der Waals surface area contributed by atoms with Crippen molar-refractivity contribution in [2.24, 2.45) is 0 Å². The monoisotopic (exact) mass is 822 g/mol. The second kappa shape index (κ2) is 12.2. The molecule has 0 bridgehead atoms. The fourth-order valence-corrected chi connectivity index (χ4v) is 9.17. The van der Waals surface area contributed by atoms with Crippen LogP contribution in [0.15, 0.2) is 142 Å². The second-order valence-electron chi connectivity index (χ2n) is 14.9. The maximum absolute atomic E-state index is 16.7. The van der Waals surface area contributed by atoms with Crippen molar-refractivity contribution < 1.29 is 44.0 Å². The van der Waals surface area contributed by atoms with Crippen LogP contribution < -0.4 is 0 Å². The molecular formula is C49H22F8N2O2. The van der Waals surface area contributed by atoms with E-state index in [2.05, 4.69) is 0 Å². The summed E-state index contributed by atoms with van der Waals surface area (Å²) in [6.45, 7) is 0. The predicted octanol–water partition coefficient (Wildman–Crippen LogP) is 15.1. The highest BCUT2D eigenvalue weighted by molar-refractivity contribution is 6.23. The average Bonchev–Trinajstić information content (AvgIpc) is 4.02. The van der Waals surface area contributed by atoms with Gasteiger partial charge in [-0.3, -0.25) is 0 Å². The number of furan rings is 2. The van der Waals surface area contributed by atoms with Gasteiger partial charge in [0.05, 0.1) is 44.6 Å². The first-order valence-electron chi connectivity index (χ1n) is 19.0. The highest BCUT2D eigenvalue weighted by Crippen LogP contribution is 2.49. The Bertz CT molecular complexity index is 3650. The first-order chi connectivity index (χ1) is 29.5. The molecule has 0 unspecified atom stereocenters. The number of hydrogen-bond donors (Lipinski definition) is 0. The highest BCUT2D eigenvalue weighted by Gasteiger charge is 2.38. The van der Waals surface area contributed by atoms with E-state index in [0.717, 1.165) is 0 Å². The predicted molar refractivity (Wildman–Crippen MR) is 220 cm³/mol. The van der Waals surface area contributed by atoms with Gasteiger partial charge in [0.1, 0.15) is 11.2 Å². The summed E-state index contributed by atoms with van der Waals surface area (Å²) in [6.07, 6.45) is -5.10. The highest BCUT2D eigenvalue weighted by atomic mass is 19.4. The van der Waals surface area contributed by atoms with Crippen LogP contribution in [0.2, 0.25) is 0 Å². The van der Waals surface area contributed by atoms with Gasteiger partial charge in [0.25, 0.3) is 0 Å². The van der Waals surface area contributed by atoms with Gasteiger partial charge in [0.15, 0.2) is 34.4 Å². The third-order valence-electron chi connectivity index (χ3n) is 11.7. The van der Waals surface area contributed by atoms with Crippen LogP contribution in [0.1, 0.15) is 5.56 Å². The molecule has 4 heterocycles. The zero-order chi connectivity index (χ0) is 41.6. The Kier molecular flexibility index (Phi) is 7.09. The number of benzene rings is 8. The quantitative estimate of drug-likeness (QED) is 0.101. The van der Waals surface area contributed by atoms with Gasteiger partial charge in [-0.15, -0.1) is 0 Å². The zero-order valence-corrected chi connectivity index (χ0v) is 30.9. The van der Waals surface area contributed by atoms with Crippen molar-refractivity contribution in [3.63, 3.8) is 0 Å². The molecule has 296 valence electrons. The molecule has 0 saturated heterocycles. The van der Waals surface area contributed by atoms with Gasteiger partial charge in [0.2, 0.25) is 5.82 Å². The molecule has 0 atom stereocenters. The van der Waals surface area contributed by atoms with E-state index in [9.17, 15) is 4.39 Å². The third-order valence-corrected chi connectivity index (χ3v) is 11.7. The van der Waals surface area contributed by atoms with Crippen LogP contribution >= 0.6 is 0 Å². The maximum atomic E-state index is 16.7. The Balaban J connectivity index is 1.37. The van der Waals surface area contributed by atoms with Gasteiger partial charge in [-0.2, -0.15) is 13.2 Å². The summed E-state index contributed by atoms with van der Waals surface area (Å²) in [6, 6.07) is 36.0. The Morgan fingerprint density at radius 2 is 0.754 bits per heavy atom. The first kappa shape index (κ1) is 35.4. The summed E-state index contributed by atoms with van der Waals surface area (Å²) in [5, 5.41) is 4.53. The number of alkyl halides is 3. The molecule has 61 heavy (non-hydrogen) atoms.